The summed E-state index contributed by atoms with van der Waals surface area (Å²) in [7, 11) is -4.90. The number of ether oxygens (including phenoxy) is 1. The van der Waals surface area contributed by atoms with Crippen LogP contribution in [0.25, 0.3) is 20.5 Å². The number of carbonyl (C=O) groups is 1. The van der Waals surface area contributed by atoms with Crippen molar-refractivity contribution in [3.8, 4) is 16.2 Å². The largest absolute Gasteiger partial charge is 0.807 e. The fraction of sp³-hybridized carbons (Fsp3) is 0.250. The van der Waals surface area contributed by atoms with Gasteiger partial charge in [-0.2, -0.15) is 0 Å². The third-order valence-corrected chi connectivity index (χ3v) is 8.61. The van der Waals surface area contributed by atoms with Gasteiger partial charge in [-0.1, -0.05) is 48.9 Å². The van der Waals surface area contributed by atoms with Gasteiger partial charge < -0.3 is 19.1 Å². The molecular weight excluding hydrogens is 493 g/mol. The van der Waals surface area contributed by atoms with Gasteiger partial charge in [0.2, 0.25) is 0 Å². The van der Waals surface area contributed by atoms with Crippen molar-refractivity contribution in [1.82, 2.24) is 4.90 Å². The van der Waals surface area contributed by atoms with Crippen LogP contribution in [-0.4, -0.2) is 36.9 Å². The van der Waals surface area contributed by atoms with E-state index in [0.29, 0.717) is 33.6 Å². The van der Waals surface area contributed by atoms with Crippen molar-refractivity contribution >= 4 is 40.1 Å². The van der Waals surface area contributed by atoms with Crippen LogP contribution < -0.4 is 19.8 Å². The van der Waals surface area contributed by atoms with E-state index in [-0.39, 0.29) is 11.1 Å². The third-order valence-electron chi connectivity index (χ3n) is 6.49. The summed E-state index contributed by atoms with van der Waals surface area (Å²) in [6.07, 6.45) is 3.79. The molecule has 1 fully saturated rings. The number of hydrogen-bond acceptors (Lipinski definition) is 7. The van der Waals surface area contributed by atoms with E-state index in [1.165, 1.54) is 42.7 Å². The predicted molar refractivity (Wildman–Crippen MR) is 140 cm³/mol. The average Bonchev–Trinajstić information content (AvgIpc) is 3.28. The van der Waals surface area contributed by atoms with Crippen molar-refractivity contribution in [2.45, 2.75) is 19.3 Å². The van der Waals surface area contributed by atoms with Crippen molar-refractivity contribution in [2.75, 3.05) is 26.2 Å². The normalized spacial score (nSPS) is 14.7. The van der Waals surface area contributed by atoms with Gasteiger partial charge in [0, 0.05) is 32.6 Å². The molecule has 0 N–H and O–H groups in total. The molecule has 36 heavy (non-hydrogen) atoms. The molecule has 0 saturated carbocycles. The maximum Gasteiger partial charge on any atom is 0.195 e. The molecule has 0 spiro atoms. The van der Waals surface area contributed by atoms with E-state index < -0.39 is 7.60 Å². The van der Waals surface area contributed by atoms with Crippen LogP contribution >= 0.6 is 18.9 Å². The van der Waals surface area contributed by atoms with E-state index >= 15 is 0 Å². The highest BCUT2D eigenvalue weighted by molar-refractivity contribution is 7.57. The maximum absolute atomic E-state index is 13.7. The molecule has 0 aliphatic carbocycles. The van der Waals surface area contributed by atoms with Gasteiger partial charge in [0.05, 0.1) is 0 Å². The lowest BCUT2D eigenvalue weighted by Gasteiger charge is -2.29. The first kappa shape index (κ1) is 24.9. The Morgan fingerprint density at radius 2 is 1.67 bits per heavy atom. The van der Waals surface area contributed by atoms with Crippen molar-refractivity contribution in [1.29, 1.82) is 0 Å². The van der Waals surface area contributed by atoms with Crippen molar-refractivity contribution < 1.29 is 23.9 Å². The molecule has 0 atom stereocenters. The van der Waals surface area contributed by atoms with E-state index in [2.05, 4.69) is 4.90 Å². The van der Waals surface area contributed by atoms with E-state index in [1.54, 1.807) is 18.2 Å². The van der Waals surface area contributed by atoms with Crippen molar-refractivity contribution in [3.05, 3.63) is 83.9 Å². The first-order chi connectivity index (χ1) is 17.4. The summed E-state index contributed by atoms with van der Waals surface area (Å²) in [4.78, 5) is 40.0. The van der Waals surface area contributed by atoms with Gasteiger partial charge in [0.25, 0.3) is 0 Å². The lowest BCUT2D eigenvalue weighted by atomic mass is 9.97. The molecule has 3 aromatic carbocycles. The second-order valence-electron chi connectivity index (χ2n) is 8.95. The molecule has 5 rings (SSSR count). The lowest BCUT2D eigenvalue weighted by molar-refractivity contribution is -0.307. The quantitative estimate of drug-likeness (QED) is 0.256. The number of likely N-dealkylation sites (tertiary alicyclic amines) is 1. The monoisotopic (exact) mass is 519 g/mol. The van der Waals surface area contributed by atoms with E-state index in [0.717, 1.165) is 30.1 Å². The Bertz CT molecular complexity index is 1410. The Labute approximate surface area is 214 Å². The number of thiophene rings is 1. The highest BCUT2D eigenvalue weighted by Gasteiger charge is 2.22. The molecule has 1 saturated heterocycles. The summed E-state index contributed by atoms with van der Waals surface area (Å²) in [5.74, 6) is 0.549. The molecule has 1 aromatic heterocycles. The minimum Gasteiger partial charge on any atom is -0.807 e. The summed E-state index contributed by atoms with van der Waals surface area (Å²) in [5, 5.41) is 0.351. The van der Waals surface area contributed by atoms with E-state index in [4.69, 9.17) is 4.74 Å². The molecule has 0 unspecified atom stereocenters. The van der Waals surface area contributed by atoms with Crippen LogP contribution in [0, 0.1) is 0 Å². The highest BCUT2D eigenvalue weighted by Crippen LogP contribution is 2.40. The minimum atomic E-state index is -4.90. The van der Waals surface area contributed by atoms with Crippen LogP contribution in [0.4, 0.5) is 0 Å². The Morgan fingerprint density at radius 3 is 2.36 bits per heavy atom. The van der Waals surface area contributed by atoms with Gasteiger partial charge in [-0.3, -0.25) is 9.69 Å². The van der Waals surface area contributed by atoms with Crippen LogP contribution in [0.15, 0.2) is 72.8 Å². The van der Waals surface area contributed by atoms with Gasteiger partial charge >= 0.3 is 0 Å². The van der Waals surface area contributed by atoms with Gasteiger partial charge in [0.1, 0.15) is 12.4 Å². The zero-order valence-corrected chi connectivity index (χ0v) is 21.4. The Kier molecular flexibility index (Phi) is 7.37. The van der Waals surface area contributed by atoms with Crippen LogP contribution in [0.3, 0.4) is 0 Å². The first-order valence-electron chi connectivity index (χ1n) is 12.0. The fourth-order valence-electron chi connectivity index (χ4n) is 4.60. The number of ketones is 1. The second kappa shape index (κ2) is 10.7. The van der Waals surface area contributed by atoms with Crippen LogP contribution in [0.5, 0.6) is 5.75 Å². The molecule has 2 heterocycles. The maximum atomic E-state index is 13.7. The van der Waals surface area contributed by atoms with Gasteiger partial charge in [-0.05, 0) is 74.7 Å². The Morgan fingerprint density at radius 1 is 0.944 bits per heavy atom. The fourth-order valence-corrected chi connectivity index (χ4v) is 6.47. The van der Waals surface area contributed by atoms with E-state index in [1.807, 2.05) is 42.5 Å². The van der Waals surface area contributed by atoms with Crippen LogP contribution in [0.2, 0.25) is 0 Å². The Balaban J connectivity index is 1.42. The summed E-state index contributed by atoms with van der Waals surface area (Å²) in [6, 6.07) is 20.8. The number of rotatable bonds is 8. The molecule has 6 nitrogen and oxygen atoms in total. The molecular formula is C28H26NO5PS-2. The highest BCUT2D eigenvalue weighted by atomic mass is 32.1. The average molecular weight is 520 g/mol. The number of hydrogen-bond donors (Lipinski definition) is 0. The molecule has 0 radical (unpaired) electrons. The molecule has 186 valence electrons. The number of carbonyl (C=O) groups excluding carboxylic acids is 1. The predicted octanol–water partition coefficient (Wildman–Crippen LogP) is 4.20. The van der Waals surface area contributed by atoms with Gasteiger partial charge in [0.15, 0.2) is 5.78 Å². The summed E-state index contributed by atoms with van der Waals surface area (Å²) >= 11 is 1.31. The Hall–Kier alpha value is -2.80. The van der Waals surface area contributed by atoms with Crippen molar-refractivity contribution in [2.24, 2.45) is 0 Å². The summed E-state index contributed by atoms with van der Waals surface area (Å²) in [6.45, 7) is 3.74. The summed E-state index contributed by atoms with van der Waals surface area (Å²) in [5.41, 5.74) is 1.87. The standard InChI is InChI=1S/C28H28NO5PS/c30-27(20-9-11-22(12-10-20)34-18-17-29-15-5-2-6-16-29)26-24-14-13-23(35(31,32)33)19-25(24)36-28(26)21-7-3-1-4-8-21/h1,3-4,7-14,19H,2,5-6,15-18H2,(H2,31,32,33)/p-2. The van der Waals surface area contributed by atoms with Crippen LogP contribution in [-0.2, 0) is 4.57 Å². The minimum absolute atomic E-state index is 0.167. The molecule has 1 aliphatic rings. The molecule has 8 heteroatoms. The number of benzene rings is 3. The van der Waals surface area contributed by atoms with Crippen molar-refractivity contribution in [3.63, 3.8) is 0 Å². The SMILES string of the molecule is O=C(c1ccc(OCCN2CCCCC2)cc1)c1c(-c2ccccc2)sc2cc(P(=O)([O-])[O-])ccc12. The zero-order chi connectivity index (χ0) is 25.1. The number of fused-ring (bicyclic) bond motifs is 1. The molecule has 1 aliphatic heterocycles. The smallest absolute Gasteiger partial charge is 0.195 e. The summed E-state index contributed by atoms with van der Waals surface area (Å²) < 4.78 is 18.1. The van der Waals surface area contributed by atoms with E-state index in [9.17, 15) is 19.1 Å². The lowest BCUT2D eigenvalue weighted by Crippen LogP contribution is -2.33. The molecule has 0 bridgehead atoms. The van der Waals surface area contributed by atoms with Crippen LogP contribution in [0.1, 0.15) is 35.2 Å². The molecule has 0 amide bonds. The van der Waals surface area contributed by atoms with Gasteiger partial charge in [-0.15, -0.1) is 11.3 Å². The molecule has 4 aromatic rings. The zero-order valence-electron chi connectivity index (χ0n) is 19.7. The van der Waals surface area contributed by atoms with Gasteiger partial charge in [-0.25, -0.2) is 0 Å². The third kappa shape index (κ3) is 5.46. The topological polar surface area (TPSA) is 92.7 Å². The second-order valence-corrected chi connectivity index (χ2v) is 11.5. The first-order valence-corrected chi connectivity index (χ1v) is 14.4. The number of piperidine rings is 1. The number of nitrogens with zero attached hydrogens (tertiary/aromatic N) is 1.